The van der Waals surface area contributed by atoms with E-state index in [9.17, 15) is 9.90 Å². The van der Waals surface area contributed by atoms with Crippen LogP contribution in [0.1, 0.15) is 32.6 Å². The van der Waals surface area contributed by atoms with Crippen LogP contribution in [-0.4, -0.2) is 30.3 Å². The summed E-state index contributed by atoms with van der Waals surface area (Å²) in [4.78, 5) is 11.5. The molecule has 1 aromatic rings. The fraction of sp³-hybridized carbons (Fsp3) is 0.533. The molecule has 0 bridgehead atoms. The standard InChI is InChI=1S/C15H23NO3/c1-2-7-13(17)12-16-15(18)10-6-11-19-14-8-4-3-5-9-14/h3-5,8-9,13,17H,2,6-7,10-12H2,1H3,(H,16,18). The summed E-state index contributed by atoms with van der Waals surface area (Å²) in [6.07, 6.45) is 2.30. The molecule has 1 unspecified atom stereocenters. The molecular formula is C15H23NO3. The zero-order valence-corrected chi connectivity index (χ0v) is 11.5. The van der Waals surface area contributed by atoms with Crippen molar-refractivity contribution in [3.63, 3.8) is 0 Å². The highest BCUT2D eigenvalue weighted by Crippen LogP contribution is 2.08. The van der Waals surface area contributed by atoms with Crippen LogP contribution >= 0.6 is 0 Å². The van der Waals surface area contributed by atoms with E-state index in [0.717, 1.165) is 18.6 Å². The molecule has 2 N–H and O–H groups in total. The van der Waals surface area contributed by atoms with Crippen molar-refractivity contribution in [2.75, 3.05) is 13.2 Å². The summed E-state index contributed by atoms with van der Waals surface area (Å²) < 4.78 is 5.49. The summed E-state index contributed by atoms with van der Waals surface area (Å²) in [5.41, 5.74) is 0. The van der Waals surface area contributed by atoms with E-state index in [1.54, 1.807) is 0 Å². The lowest BCUT2D eigenvalue weighted by Crippen LogP contribution is -2.32. The van der Waals surface area contributed by atoms with Crippen LogP contribution in [0.4, 0.5) is 0 Å². The number of rotatable bonds is 9. The number of benzene rings is 1. The molecule has 19 heavy (non-hydrogen) atoms. The van der Waals surface area contributed by atoms with Crippen molar-refractivity contribution in [3.8, 4) is 5.75 Å². The Kier molecular flexibility index (Phi) is 7.66. The normalized spacial score (nSPS) is 11.9. The monoisotopic (exact) mass is 265 g/mol. The summed E-state index contributed by atoms with van der Waals surface area (Å²) in [5.74, 6) is 0.785. The fourth-order valence-corrected chi connectivity index (χ4v) is 1.69. The third-order valence-electron chi connectivity index (χ3n) is 2.72. The van der Waals surface area contributed by atoms with E-state index in [1.807, 2.05) is 37.3 Å². The van der Waals surface area contributed by atoms with Gasteiger partial charge in [-0.3, -0.25) is 4.79 Å². The van der Waals surface area contributed by atoms with Crippen LogP contribution < -0.4 is 10.1 Å². The molecule has 4 heteroatoms. The Morgan fingerprint density at radius 2 is 2.11 bits per heavy atom. The van der Waals surface area contributed by atoms with Crippen molar-refractivity contribution in [1.29, 1.82) is 0 Å². The molecule has 1 rings (SSSR count). The highest BCUT2D eigenvalue weighted by Gasteiger charge is 2.05. The molecule has 0 saturated heterocycles. The van der Waals surface area contributed by atoms with Gasteiger partial charge in [-0.2, -0.15) is 0 Å². The number of carbonyl (C=O) groups is 1. The minimum atomic E-state index is -0.436. The molecule has 0 radical (unpaired) electrons. The Balaban J connectivity index is 2.04. The van der Waals surface area contributed by atoms with Crippen LogP contribution in [0, 0.1) is 0 Å². The van der Waals surface area contributed by atoms with Gasteiger partial charge in [0.2, 0.25) is 5.91 Å². The maximum atomic E-state index is 11.5. The first-order valence-electron chi connectivity index (χ1n) is 6.85. The first kappa shape index (κ1) is 15.5. The van der Waals surface area contributed by atoms with Gasteiger partial charge in [-0.25, -0.2) is 0 Å². The SMILES string of the molecule is CCCC(O)CNC(=O)CCCOc1ccccc1. The van der Waals surface area contributed by atoms with E-state index in [1.165, 1.54) is 0 Å². The predicted molar refractivity (Wildman–Crippen MR) is 75.1 cm³/mol. The number of hydrogen-bond donors (Lipinski definition) is 2. The number of aliphatic hydroxyl groups excluding tert-OH is 1. The van der Waals surface area contributed by atoms with Gasteiger partial charge >= 0.3 is 0 Å². The van der Waals surface area contributed by atoms with Gasteiger partial charge in [0.25, 0.3) is 0 Å². The highest BCUT2D eigenvalue weighted by atomic mass is 16.5. The predicted octanol–water partition coefficient (Wildman–Crippen LogP) is 2.12. The molecule has 4 nitrogen and oxygen atoms in total. The number of nitrogens with one attached hydrogen (secondary N) is 1. The van der Waals surface area contributed by atoms with Crippen LogP contribution in [0.5, 0.6) is 5.75 Å². The van der Waals surface area contributed by atoms with Crippen molar-refractivity contribution in [2.24, 2.45) is 0 Å². The second-order valence-corrected chi connectivity index (χ2v) is 4.51. The highest BCUT2D eigenvalue weighted by molar-refractivity contribution is 5.75. The zero-order chi connectivity index (χ0) is 13.9. The van der Waals surface area contributed by atoms with E-state index in [0.29, 0.717) is 26.0 Å². The summed E-state index contributed by atoms with van der Waals surface area (Å²) in [6.45, 7) is 2.87. The molecule has 0 aliphatic carbocycles. The van der Waals surface area contributed by atoms with Gasteiger partial charge < -0.3 is 15.2 Å². The Hall–Kier alpha value is -1.55. The van der Waals surface area contributed by atoms with E-state index in [2.05, 4.69) is 5.32 Å². The number of hydrogen-bond acceptors (Lipinski definition) is 3. The van der Waals surface area contributed by atoms with Gasteiger partial charge in [0, 0.05) is 13.0 Å². The van der Waals surface area contributed by atoms with E-state index in [-0.39, 0.29) is 5.91 Å². The summed E-state index contributed by atoms with van der Waals surface area (Å²) >= 11 is 0. The average molecular weight is 265 g/mol. The minimum absolute atomic E-state index is 0.0354. The van der Waals surface area contributed by atoms with Crippen LogP contribution in [0.2, 0.25) is 0 Å². The van der Waals surface area contributed by atoms with Crippen molar-refractivity contribution in [2.45, 2.75) is 38.7 Å². The van der Waals surface area contributed by atoms with Crippen LogP contribution in [-0.2, 0) is 4.79 Å². The number of para-hydroxylation sites is 1. The first-order chi connectivity index (χ1) is 9.22. The summed E-state index contributed by atoms with van der Waals surface area (Å²) in [7, 11) is 0. The molecule has 1 aromatic carbocycles. The van der Waals surface area contributed by atoms with Crippen LogP contribution in [0.3, 0.4) is 0 Å². The van der Waals surface area contributed by atoms with Gasteiger partial charge in [-0.15, -0.1) is 0 Å². The molecule has 0 aliphatic rings. The Morgan fingerprint density at radius 1 is 1.37 bits per heavy atom. The van der Waals surface area contributed by atoms with E-state index in [4.69, 9.17) is 4.74 Å². The lowest BCUT2D eigenvalue weighted by molar-refractivity contribution is -0.121. The molecule has 0 fully saturated rings. The fourth-order valence-electron chi connectivity index (χ4n) is 1.69. The maximum Gasteiger partial charge on any atom is 0.220 e. The molecular weight excluding hydrogens is 242 g/mol. The Labute approximate surface area is 114 Å². The molecule has 0 spiro atoms. The van der Waals surface area contributed by atoms with E-state index < -0.39 is 6.10 Å². The molecule has 1 amide bonds. The molecule has 0 saturated carbocycles. The lowest BCUT2D eigenvalue weighted by atomic mass is 10.2. The van der Waals surface area contributed by atoms with Crippen molar-refractivity contribution >= 4 is 5.91 Å². The number of carbonyl (C=O) groups excluding carboxylic acids is 1. The van der Waals surface area contributed by atoms with Gasteiger partial charge in [-0.1, -0.05) is 31.5 Å². The lowest BCUT2D eigenvalue weighted by Gasteiger charge is -2.10. The van der Waals surface area contributed by atoms with Crippen LogP contribution in [0.25, 0.3) is 0 Å². The molecule has 106 valence electrons. The Morgan fingerprint density at radius 3 is 2.79 bits per heavy atom. The molecule has 0 aromatic heterocycles. The third kappa shape index (κ3) is 7.47. The van der Waals surface area contributed by atoms with Crippen molar-refractivity contribution in [3.05, 3.63) is 30.3 Å². The number of ether oxygens (including phenoxy) is 1. The smallest absolute Gasteiger partial charge is 0.220 e. The largest absolute Gasteiger partial charge is 0.494 e. The quantitative estimate of drug-likeness (QED) is 0.672. The zero-order valence-electron chi connectivity index (χ0n) is 11.5. The average Bonchev–Trinajstić information content (AvgIpc) is 2.43. The van der Waals surface area contributed by atoms with Gasteiger partial charge in [0.1, 0.15) is 5.75 Å². The second-order valence-electron chi connectivity index (χ2n) is 4.51. The second kappa shape index (κ2) is 9.39. The summed E-state index contributed by atoms with van der Waals surface area (Å²) in [6, 6.07) is 9.54. The van der Waals surface area contributed by atoms with Gasteiger partial charge in [-0.05, 0) is 25.0 Å². The van der Waals surface area contributed by atoms with Crippen molar-refractivity contribution in [1.82, 2.24) is 5.32 Å². The topological polar surface area (TPSA) is 58.6 Å². The van der Waals surface area contributed by atoms with Gasteiger partial charge in [0.15, 0.2) is 0 Å². The number of aliphatic hydroxyl groups is 1. The number of amides is 1. The first-order valence-corrected chi connectivity index (χ1v) is 6.85. The minimum Gasteiger partial charge on any atom is -0.494 e. The molecule has 1 atom stereocenters. The molecule has 0 aliphatic heterocycles. The van der Waals surface area contributed by atoms with E-state index >= 15 is 0 Å². The Bertz CT molecular complexity index is 354. The van der Waals surface area contributed by atoms with Crippen molar-refractivity contribution < 1.29 is 14.6 Å². The maximum absolute atomic E-state index is 11.5. The van der Waals surface area contributed by atoms with Gasteiger partial charge in [0.05, 0.1) is 12.7 Å². The summed E-state index contributed by atoms with van der Waals surface area (Å²) in [5, 5.41) is 12.2. The van der Waals surface area contributed by atoms with Crippen LogP contribution in [0.15, 0.2) is 30.3 Å². The third-order valence-corrected chi connectivity index (χ3v) is 2.72. The molecule has 0 heterocycles.